The van der Waals surface area contributed by atoms with Gasteiger partial charge >= 0.3 is 11.7 Å². The van der Waals surface area contributed by atoms with E-state index in [1.807, 2.05) is 0 Å². The van der Waals surface area contributed by atoms with Crippen LogP contribution in [0.25, 0.3) is 11.0 Å². The Hall–Kier alpha value is -2.34. The highest BCUT2D eigenvalue weighted by Gasteiger charge is 2.37. The third-order valence-electron chi connectivity index (χ3n) is 5.15. The van der Waals surface area contributed by atoms with Crippen molar-refractivity contribution in [2.45, 2.75) is 31.3 Å². The fraction of sp³-hybridized carbons (Fsp3) is 0.444. The van der Waals surface area contributed by atoms with Crippen molar-refractivity contribution >= 4 is 17.1 Å². The number of rotatable bonds is 1. The molecule has 0 spiro atoms. The molecule has 2 fully saturated rings. The molecule has 6 nitrogen and oxygen atoms in total. The largest absolute Gasteiger partial charge is 0.423 e. The number of ether oxygens (including phenoxy) is 1. The lowest BCUT2D eigenvalue weighted by molar-refractivity contribution is 0.0168. The first-order valence-electron chi connectivity index (χ1n) is 8.33. The Kier molecular flexibility index (Phi) is 3.76. The van der Waals surface area contributed by atoms with Crippen LogP contribution in [0.5, 0.6) is 5.75 Å². The predicted octanol–water partition coefficient (Wildman–Crippen LogP) is 2.46. The van der Waals surface area contributed by atoms with Crippen LogP contribution in [0, 0.1) is 0 Å². The van der Waals surface area contributed by atoms with E-state index in [0.29, 0.717) is 36.5 Å². The highest BCUT2D eigenvalue weighted by molar-refractivity contribution is 5.79. The number of fused-ring (bicyclic) bond motifs is 3. The smallest absolute Gasteiger partial charge is 0.415 e. The average molecular weight is 328 g/mol. The normalized spacial score (nSPS) is 24.1. The van der Waals surface area contributed by atoms with Crippen molar-refractivity contribution in [1.29, 1.82) is 0 Å². The molecule has 2 aliphatic rings. The highest BCUT2D eigenvalue weighted by Crippen LogP contribution is 2.28. The zero-order valence-electron chi connectivity index (χ0n) is 13.6. The zero-order valence-corrected chi connectivity index (χ0v) is 13.6. The van der Waals surface area contributed by atoms with E-state index >= 15 is 0 Å². The number of amides is 1. The van der Waals surface area contributed by atoms with E-state index in [-0.39, 0.29) is 6.09 Å². The quantitative estimate of drug-likeness (QED) is 0.753. The second-order valence-corrected chi connectivity index (χ2v) is 6.63. The van der Waals surface area contributed by atoms with Crippen LogP contribution in [-0.2, 0) is 0 Å². The summed E-state index contributed by atoms with van der Waals surface area (Å²) in [6.07, 6.45) is 3.14. The van der Waals surface area contributed by atoms with Crippen molar-refractivity contribution in [2.24, 2.45) is 0 Å². The molecule has 2 saturated heterocycles. The monoisotopic (exact) mass is 328 g/mol. The van der Waals surface area contributed by atoms with E-state index in [4.69, 9.17) is 9.15 Å². The molecule has 6 heteroatoms. The first-order valence-corrected chi connectivity index (χ1v) is 8.33. The van der Waals surface area contributed by atoms with Crippen molar-refractivity contribution in [1.82, 2.24) is 9.80 Å². The number of likely N-dealkylation sites (N-methyl/N-ethyl adjacent to an activating group) is 1. The summed E-state index contributed by atoms with van der Waals surface area (Å²) in [5.41, 5.74) is 0.000849. The standard InChI is InChI=1S/C18H20N2O4/c1-19-13-3-2-4-14(19)11-20(10-13)18(22)23-15-7-5-12-6-8-17(21)24-16(12)9-15/h5-9,13-14H,2-4,10-11H2,1H3. The zero-order chi connectivity index (χ0) is 16.7. The molecule has 2 unspecified atom stereocenters. The minimum atomic E-state index is -0.419. The molecule has 0 saturated carbocycles. The molecule has 0 aliphatic carbocycles. The first-order chi connectivity index (χ1) is 11.6. The molecule has 2 bridgehead atoms. The summed E-state index contributed by atoms with van der Waals surface area (Å²) in [6, 6.07) is 8.98. The van der Waals surface area contributed by atoms with Crippen LogP contribution in [-0.4, -0.2) is 48.1 Å². The summed E-state index contributed by atoms with van der Waals surface area (Å²) >= 11 is 0. The predicted molar refractivity (Wildman–Crippen MR) is 89.3 cm³/mol. The van der Waals surface area contributed by atoms with E-state index in [0.717, 1.165) is 18.2 Å². The van der Waals surface area contributed by atoms with Gasteiger partial charge in [0.1, 0.15) is 11.3 Å². The molecule has 1 aromatic carbocycles. The third kappa shape index (κ3) is 2.78. The van der Waals surface area contributed by atoms with Crippen molar-refractivity contribution in [2.75, 3.05) is 20.1 Å². The molecule has 1 amide bonds. The van der Waals surface area contributed by atoms with Crippen LogP contribution in [0.1, 0.15) is 19.3 Å². The number of likely N-dealkylation sites (tertiary alicyclic amines) is 1. The van der Waals surface area contributed by atoms with Crippen molar-refractivity contribution in [3.63, 3.8) is 0 Å². The molecular formula is C18H20N2O4. The molecule has 24 heavy (non-hydrogen) atoms. The van der Waals surface area contributed by atoms with Gasteiger partial charge in [0.2, 0.25) is 0 Å². The van der Waals surface area contributed by atoms with Crippen LogP contribution in [0.2, 0.25) is 0 Å². The molecule has 2 aromatic rings. The molecule has 0 N–H and O–H groups in total. The maximum Gasteiger partial charge on any atom is 0.415 e. The van der Waals surface area contributed by atoms with Gasteiger partial charge in [0.25, 0.3) is 0 Å². The molecule has 0 radical (unpaired) electrons. The number of hydrogen-bond donors (Lipinski definition) is 0. The van der Waals surface area contributed by atoms with Gasteiger partial charge in [-0.3, -0.25) is 4.90 Å². The Bertz CT molecular complexity index is 817. The Morgan fingerprint density at radius 1 is 1.17 bits per heavy atom. The fourth-order valence-electron chi connectivity index (χ4n) is 3.74. The maximum absolute atomic E-state index is 12.5. The van der Waals surface area contributed by atoms with Gasteiger partial charge in [-0.1, -0.05) is 6.42 Å². The van der Waals surface area contributed by atoms with Gasteiger partial charge < -0.3 is 14.1 Å². The van der Waals surface area contributed by atoms with Gasteiger partial charge in [0.05, 0.1) is 0 Å². The van der Waals surface area contributed by atoms with E-state index in [9.17, 15) is 9.59 Å². The number of piperidine rings is 1. The third-order valence-corrected chi connectivity index (χ3v) is 5.15. The highest BCUT2D eigenvalue weighted by atomic mass is 16.6. The molecular weight excluding hydrogens is 308 g/mol. The van der Waals surface area contributed by atoms with Crippen LogP contribution in [0.3, 0.4) is 0 Å². The van der Waals surface area contributed by atoms with E-state index < -0.39 is 5.63 Å². The lowest BCUT2D eigenvalue weighted by atomic mass is 9.92. The molecule has 2 aliphatic heterocycles. The number of carbonyl (C=O) groups excluding carboxylic acids is 1. The van der Waals surface area contributed by atoms with E-state index in [2.05, 4.69) is 11.9 Å². The van der Waals surface area contributed by atoms with Crippen LogP contribution in [0.15, 0.2) is 39.5 Å². The van der Waals surface area contributed by atoms with Crippen molar-refractivity contribution < 1.29 is 13.9 Å². The van der Waals surface area contributed by atoms with Crippen LogP contribution >= 0.6 is 0 Å². The summed E-state index contributed by atoms with van der Waals surface area (Å²) < 4.78 is 10.6. The minimum absolute atomic E-state index is 0.336. The van der Waals surface area contributed by atoms with E-state index in [1.165, 1.54) is 12.5 Å². The molecule has 3 heterocycles. The number of piperazine rings is 1. The number of nitrogens with zero attached hydrogens (tertiary/aromatic N) is 2. The van der Waals surface area contributed by atoms with Crippen molar-refractivity contribution in [3.8, 4) is 5.75 Å². The second-order valence-electron chi connectivity index (χ2n) is 6.63. The number of hydrogen-bond acceptors (Lipinski definition) is 5. The molecule has 2 atom stereocenters. The van der Waals surface area contributed by atoms with Gasteiger partial charge in [-0.2, -0.15) is 0 Å². The topological polar surface area (TPSA) is 63.0 Å². The molecule has 126 valence electrons. The maximum atomic E-state index is 12.5. The lowest BCUT2D eigenvalue weighted by Gasteiger charge is -2.47. The Morgan fingerprint density at radius 2 is 1.88 bits per heavy atom. The minimum Gasteiger partial charge on any atom is -0.423 e. The number of carbonyl (C=O) groups is 1. The Labute approximate surface area is 139 Å². The van der Waals surface area contributed by atoms with Crippen LogP contribution < -0.4 is 10.4 Å². The second kappa shape index (κ2) is 5.94. The average Bonchev–Trinajstić information content (AvgIpc) is 2.54. The first kappa shape index (κ1) is 15.2. The summed E-state index contributed by atoms with van der Waals surface area (Å²) in [6.45, 7) is 1.41. The Balaban J connectivity index is 1.51. The van der Waals surface area contributed by atoms with Gasteiger partial charge in [0.15, 0.2) is 0 Å². The number of benzene rings is 1. The summed E-state index contributed by atoms with van der Waals surface area (Å²) in [5, 5.41) is 0.795. The van der Waals surface area contributed by atoms with Crippen molar-refractivity contribution in [3.05, 3.63) is 40.8 Å². The summed E-state index contributed by atoms with van der Waals surface area (Å²) in [5.74, 6) is 0.394. The van der Waals surface area contributed by atoms with Crippen LogP contribution in [0.4, 0.5) is 4.79 Å². The lowest BCUT2D eigenvalue weighted by Crippen LogP contribution is -2.60. The van der Waals surface area contributed by atoms with Gasteiger partial charge in [-0.15, -0.1) is 0 Å². The van der Waals surface area contributed by atoms with Gasteiger partial charge in [0, 0.05) is 42.7 Å². The summed E-state index contributed by atoms with van der Waals surface area (Å²) in [4.78, 5) is 28.0. The summed E-state index contributed by atoms with van der Waals surface area (Å²) in [7, 11) is 2.14. The van der Waals surface area contributed by atoms with Gasteiger partial charge in [-0.05, 0) is 38.1 Å². The van der Waals surface area contributed by atoms with Gasteiger partial charge in [-0.25, -0.2) is 9.59 Å². The Morgan fingerprint density at radius 3 is 2.62 bits per heavy atom. The van der Waals surface area contributed by atoms with E-state index in [1.54, 1.807) is 29.2 Å². The SMILES string of the molecule is CN1C2CCCC1CN(C(=O)Oc1ccc3ccc(=O)oc3c1)C2. The molecule has 4 rings (SSSR count). The molecule has 1 aromatic heterocycles. The fourth-order valence-corrected chi connectivity index (χ4v) is 3.74.